The number of hydrogen-bond acceptors (Lipinski definition) is 5. The molecule has 0 radical (unpaired) electrons. The highest BCUT2D eigenvalue weighted by Crippen LogP contribution is 2.28. The lowest BCUT2D eigenvalue weighted by Crippen LogP contribution is -1.89. The highest BCUT2D eigenvalue weighted by atomic mass is 16.5. The van der Waals surface area contributed by atoms with Gasteiger partial charge >= 0.3 is 0 Å². The summed E-state index contributed by atoms with van der Waals surface area (Å²) in [5, 5.41) is 0. The Morgan fingerprint density at radius 3 is 2.26 bits per heavy atom. The number of imidazole rings is 1. The highest BCUT2D eigenvalue weighted by molar-refractivity contribution is 5.73. The molecule has 0 amide bonds. The molecule has 1 N–H and O–H groups in total. The standard InChI is InChI=1S/C13H12N4O2/c1-18-9-5-8(6-10(7-9)19-2)11-16-12-13(17-11)15-4-3-14-12/h3-7H,1-2H3,(H,14,15,16,17). The molecule has 0 atom stereocenters. The van der Waals surface area contributed by atoms with Crippen LogP contribution in [-0.4, -0.2) is 34.2 Å². The van der Waals surface area contributed by atoms with Crippen LogP contribution in [-0.2, 0) is 0 Å². The fourth-order valence-corrected chi connectivity index (χ4v) is 1.83. The van der Waals surface area contributed by atoms with E-state index in [0.717, 1.165) is 5.56 Å². The smallest absolute Gasteiger partial charge is 0.197 e. The third kappa shape index (κ3) is 2.08. The largest absolute Gasteiger partial charge is 0.497 e. The van der Waals surface area contributed by atoms with Gasteiger partial charge in [0.25, 0.3) is 0 Å². The Bertz CT molecular complexity index is 668. The van der Waals surface area contributed by atoms with Crippen LogP contribution in [0.4, 0.5) is 0 Å². The van der Waals surface area contributed by atoms with Gasteiger partial charge in [-0.15, -0.1) is 0 Å². The van der Waals surface area contributed by atoms with Gasteiger partial charge in [-0.05, 0) is 12.1 Å². The number of benzene rings is 1. The first kappa shape index (κ1) is 11.5. The number of aromatic amines is 1. The molecule has 0 bridgehead atoms. The van der Waals surface area contributed by atoms with Crippen LogP contribution in [0, 0.1) is 0 Å². The van der Waals surface area contributed by atoms with Crippen molar-refractivity contribution in [3.8, 4) is 22.9 Å². The quantitative estimate of drug-likeness (QED) is 0.776. The van der Waals surface area contributed by atoms with Crippen molar-refractivity contribution < 1.29 is 9.47 Å². The molecule has 3 rings (SSSR count). The summed E-state index contributed by atoms with van der Waals surface area (Å²) in [5.74, 6) is 2.09. The summed E-state index contributed by atoms with van der Waals surface area (Å²) in [7, 11) is 3.22. The van der Waals surface area contributed by atoms with Crippen molar-refractivity contribution in [3.05, 3.63) is 30.6 Å². The summed E-state index contributed by atoms with van der Waals surface area (Å²) < 4.78 is 10.5. The van der Waals surface area contributed by atoms with E-state index in [9.17, 15) is 0 Å². The number of hydrogen-bond donors (Lipinski definition) is 1. The van der Waals surface area contributed by atoms with Crippen LogP contribution in [0.2, 0.25) is 0 Å². The molecule has 2 heterocycles. The lowest BCUT2D eigenvalue weighted by Gasteiger charge is -2.06. The Balaban J connectivity index is 2.14. The average molecular weight is 256 g/mol. The van der Waals surface area contributed by atoms with Crippen LogP contribution >= 0.6 is 0 Å². The van der Waals surface area contributed by atoms with E-state index < -0.39 is 0 Å². The molecule has 19 heavy (non-hydrogen) atoms. The summed E-state index contributed by atoms with van der Waals surface area (Å²) in [6.45, 7) is 0. The van der Waals surface area contributed by atoms with Crippen molar-refractivity contribution in [2.45, 2.75) is 0 Å². The molecule has 0 saturated carbocycles. The van der Waals surface area contributed by atoms with Crippen LogP contribution in [0.3, 0.4) is 0 Å². The van der Waals surface area contributed by atoms with Crippen LogP contribution in [0.1, 0.15) is 0 Å². The van der Waals surface area contributed by atoms with Gasteiger partial charge in [0, 0.05) is 24.0 Å². The second-order valence-corrected chi connectivity index (χ2v) is 3.92. The Kier molecular flexibility index (Phi) is 2.75. The van der Waals surface area contributed by atoms with Gasteiger partial charge in [-0.3, -0.25) is 0 Å². The van der Waals surface area contributed by atoms with E-state index in [1.165, 1.54) is 0 Å². The van der Waals surface area contributed by atoms with E-state index in [4.69, 9.17) is 9.47 Å². The van der Waals surface area contributed by atoms with Gasteiger partial charge in [0.05, 0.1) is 14.2 Å². The van der Waals surface area contributed by atoms with Gasteiger partial charge in [0.1, 0.15) is 17.3 Å². The van der Waals surface area contributed by atoms with Crippen molar-refractivity contribution >= 4 is 11.3 Å². The maximum atomic E-state index is 5.24. The Hall–Kier alpha value is -2.63. The third-order valence-corrected chi connectivity index (χ3v) is 2.76. The molecule has 3 aromatic rings. The van der Waals surface area contributed by atoms with Crippen molar-refractivity contribution in [1.29, 1.82) is 0 Å². The van der Waals surface area contributed by atoms with Gasteiger partial charge in [-0.1, -0.05) is 0 Å². The summed E-state index contributed by atoms with van der Waals surface area (Å²) in [5.41, 5.74) is 2.09. The highest BCUT2D eigenvalue weighted by Gasteiger charge is 2.09. The lowest BCUT2D eigenvalue weighted by molar-refractivity contribution is 0.394. The average Bonchev–Trinajstić information content (AvgIpc) is 2.90. The Labute approximate surface area is 109 Å². The molecular weight excluding hydrogens is 244 g/mol. The van der Waals surface area contributed by atoms with Crippen LogP contribution in [0.5, 0.6) is 11.5 Å². The maximum absolute atomic E-state index is 5.24. The van der Waals surface area contributed by atoms with E-state index in [1.54, 1.807) is 26.6 Å². The van der Waals surface area contributed by atoms with Gasteiger partial charge in [-0.25, -0.2) is 15.0 Å². The monoisotopic (exact) mass is 256 g/mol. The number of nitrogens with one attached hydrogen (secondary N) is 1. The molecule has 2 aromatic heterocycles. The molecule has 0 unspecified atom stereocenters. The maximum Gasteiger partial charge on any atom is 0.197 e. The van der Waals surface area contributed by atoms with Gasteiger partial charge < -0.3 is 14.5 Å². The normalized spacial score (nSPS) is 10.6. The SMILES string of the molecule is COc1cc(OC)cc(-c2nc3nccnc3[nH]2)c1. The second kappa shape index (κ2) is 4.56. The molecular formula is C13H12N4O2. The minimum atomic E-state index is 0.583. The number of ether oxygens (including phenoxy) is 2. The summed E-state index contributed by atoms with van der Waals surface area (Å²) in [6, 6.07) is 5.56. The molecule has 0 aliphatic heterocycles. The lowest BCUT2D eigenvalue weighted by atomic mass is 10.2. The fourth-order valence-electron chi connectivity index (χ4n) is 1.83. The zero-order chi connectivity index (χ0) is 13.2. The summed E-state index contributed by atoms with van der Waals surface area (Å²) in [6.07, 6.45) is 3.23. The van der Waals surface area contributed by atoms with Gasteiger partial charge in [-0.2, -0.15) is 0 Å². The first-order valence-electron chi connectivity index (χ1n) is 5.70. The third-order valence-electron chi connectivity index (χ3n) is 2.76. The number of H-pyrrole nitrogens is 1. The van der Waals surface area contributed by atoms with Crippen LogP contribution < -0.4 is 9.47 Å². The van der Waals surface area contributed by atoms with Crippen molar-refractivity contribution in [3.63, 3.8) is 0 Å². The van der Waals surface area contributed by atoms with E-state index in [2.05, 4.69) is 19.9 Å². The number of rotatable bonds is 3. The van der Waals surface area contributed by atoms with E-state index in [0.29, 0.717) is 28.6 Å². The minimum Gasteiger partial charge on any atom is -0.497 e. The fraction of sp³-hybridized carbons (Fsp3) is 0.154. The molecule has 6 nitrogen and oxygen atoms in total. The molecule has 0 fully saturated rings. The van der Waals surface area contributed by atoms with E-state index >= 15 is 0 Å². The Morgan fingerprint density at radius 1 is 0.947 bits per heavy atom. The number of methoxy groups -OCH3 is 2. The number of fused-ring (bicyclic) bond motifs is 1. The zero-order valence-electron chi connectivity index (χ0n) is 10.5. The molecule has 6 heteroatoms. The van der Waals surface area contributed by atoms with Crippen molar-refractivity contribution in [2.75, 3.05) is 14.2 Å². The van der Waals surface area contributed by atoms with Gasteiger partial charge in [0.15, 0.2) is 11.3 Å². The van der Waals surface area contributed by atoms with Gasteiger partial charge in [0.2, 0.25) is 0 Å². The predicted octanol–water partition coefficient (Wildman–Crippen LogP) is 2.04. The second-order valence-electron chi connectivity index (χ2n) is 3.92. The number of nitrogens with zero attached hydrogens (tertiary/aromatic N) is 3. The van der Waals surface area contributed by atoms with Crippen molar-refractivity contribution in [2.24, 2.45) is 0 Å². The molecule has 0 aliphatic carbocycles. The summed E-state index contributed by atoms with van der Waals surface area (Å²) in [4.78, 5) is 15.8. The molecule has 0 saturated heterocycles. The first-order chi connectivity index (χ1) is 9.30. The minimum absolute atomic E-state index is 0.583. The topological polar surface area (TPSA) is 72.9 Å². The van der Waals surface area contributed by atoms with Crippen molar-refractivity contribution in [1.82, 2.24) is 19.9 Å². The Morgan fingerprint density at radius 2 is 1.63 bits per heavy atom. The van der Waals surface area contributed by atoms with Crippen LogP contribution in [0.15, 0.2) is 30.6 Å². The molecule has 96 valence electrons. The van der Waals surface area contributed by atoms with Crippen LogP contribution in [0.25, 0.3) is 22.7 Å². The van der Waals surface area contributed by atoms with E-state index in [1.807, 2.05) is 18.2 Å². The zero-order valence-corrected chi connectivity index (χ0v) is 10.5. The molecule has 0 spiro atoms. The first-order valence-corrected chi connectivity index (χ1v) is 5.70. The number of aromatic nitrogens is 4. The summed E-state index contributed by atoms with van der Waals surface area (Å²) >= 11 is 0. The predicted molar refractivity (Wildman–Crippen MR) is 70.2 cm³/mol. The molecule has 1 aromatic carbocycles. The molecule has 0 aliphatic rings. The van der Waals surface area contributed by atoms with E-state index in [-0.39, 0.29) is 0 Å².